The number of carbonyl (C=O) groups excluding carboxylic acids is 1. The summed E-state index contributed by atoms with van der Waals surface area (Å²) in [5.74, 6) is 0.0918. The molecule has 0 aromatic rings. The molecule has 0 amide bonds. The smallest absolute Gasteiger partial charge is 0.308 e. The van der Waals surface area contributed by atoms with E-state index in [-0.39, 0.29) is 11.9 Å². The maximum Gasteiger partial charge on any atom is 0.308 e. The van der Waals surface area contributed by atoms with E-state index in [1.165, 1.54) is 0 Å². The maximum atomic E-state index is 11.4. The summed E-state index contributed by atoms with van der Waals surface area (Å²) in [6.07, 6.45) is 4.20. The Morgan fingerprint density at radius 2 is 1.79 bits per heavy atom. The molecule has 82 valence electrons. The van der Waals surface area contributed by atoms with Crippen LogP contribution in [0.5, 0.6) is 0 Å². The van der Waals surface area contributed by atoms with Gasteiger partial charge in [-0.1, -0.05) is 0 Å². The van der Waals surface area contributed by atoms with Crippen molar-refractivity contribution in [3.05, 3.63) is 0 Å². The highest BCUT2D eigenvalue weighted by molar-refractivity contribution is 5.72. The molecule has 0 aromatic heterocycles. The van der Waals surface area contributed by atoms with E-state index in [1.807, 2.05) is 13.8 Å². The van der Waals surface area contributed by atoms with Crippen LogP contribution in [0.25, 0.3) is 0 Å². The van der Waals surface area contributed by atoms with E-state index in [0.29, 0.717) is 12.7 Å². The van der Waals surface area contributed by atoms with E-state index in [4.69, 9.17) is 9.47 Å². The topological polar surface area (TPSA) is 35.5 Å². The van der Waals surface area contributed by atoms with Crippen LogP contribution in [0.15, 0.2) is 0 Å². The first kappa shape index (κ1) is 11.5. The summed E-state index contributed by atoms with van der Waals surface area (Å²) in [5.41, 5.74) is 0. The van der Waals surface area contributed by atoms with E-state index in [9.17, 15) is 4.79 Å². The molecule has 3 heteroatoms. The SMILES string of the molecule is CCOC(=O)[C@H]1CC[C@@H](OCC)CC1. The second-order valence-electron chi connectivity index (χ2n) is 3.68. The highest BCUT2D eigenvalue weighted by atomic mass is 16.5. The molecule has 14 heavy (non-hydrogen) atoms. The second-order valence-corrected chi connectivity index (χ2v) is 3.68. The second kappa shape index (κ2) is 6.02. The Bertz CT molecular complexity index is 171. The molecule has 0 atom stereocenters. The van der Waals surface area contributed by atoms with E-state index in [0.717, 1.165) is 32.3 Å². The fourth-order valence-corrected chi connectivity index (χ4v) is 1.96. The minimum atomic E-state index is -0.0255. The van der Waals surface area contributed by atoms with E-state index in [2.05, 4.69) is 0 Å². The van der Waals surface area contributed by atoms with Crippen LogP contribution >= 0.6 is 0 Å². The van der Waals surface area contributed by atoms with Gasteiger partial charge in [-0.2, -0.15) is 0 Å². The van der Waals surface area contributed by atoms with Crippen LogP contribution < -0.4 is 0 Å². The lowest BCUT2D eigenvalue weighted by molar-refractivity contribution is -0.150. The Balaban J connectivity index is 2.24. The lowest BCUT2D eigenvalue weighted by Crippen LogP contribution is -2.27. The number of ether oxygens (including phenoxy) is 2. The van der Waals surface area contributed by atoms with Gasteiger partial charge in [0.25, 0.3) is 0 Å². The van der Waals surface area contributed by atoms with Gasteiger partial charge in [-0.3, -0.25) is 4.79 Å². The fourth-order valence-electron chi connectivity index (χ4n) is 1.96. The van der Waals surface area contributed by atoms with E-state index >= 15 is 0 Å². The highest BCUT2D eigenvalue weighted by Gasteiger charge is 2.27. The molecule has 0 heterocycles. The van der Waals surface area contributed by atoms with Crippen LogP contribution in [0.2, 0.25) is 0 Å². The van der Waals surface area contributed by atoms with Crippen molar-refractivity contribution in [2.75, 3.05) is 13.2 Å². The summed E-state index contributed by atoms with van der Waals surface area (Å²) in [5, 5.41) is 0. The van der Waals surface area contributed by atoms with Crippen LogP contribution in [-0.4, -0.2) is 25.3 Å². The van der Waals surface area contributed by atoms with Crippen molar-refractivity contribution in [1.82, 2.24) is 0 Å². The Labute approximate surface area is 85.8 Å². The van der Waals surface area contributed by atoms with Crippen molar-refractivity contribution in [3.63, 3.8) is 0 Å². The minimum absolute atomic E-state index is 0.0255. The summed E-state index contributed by atoms with van der Waals surface area (Å²) in [6.45, 7) is 5.13. The molecule has 1 saturated carbocycles. The van der Waals surface area contributed by atoms with Gasteiger partial charge in [0, 0.05) is 6.61 Å². The first-order chi connectivity index (χ1) is 6.77. The molecule has 1 aliphatic carbocycles. The van der Waals surface area contributed by atoms with E-state index in [1.54, 1.807) is 0 Å². The zero-order valence-electron chi connectivity index (χ0n) is 9.12. The predicted octanol–water partition coefficient (Wildman–Crippen LogP) is 2.14. The third-order valence-electron chi connectivity index (χ3n) is 2.70. The Morgan fingerprint density at radius 1 is 1.14 bits per heavy atom. The monoisotopic (exact) mass is 200 g/mol. The molecule has 1 aliphatic rings. The Hall–Kier alpha value is -0.570. The van der Waals surface area contributed by atoms with Crippen LogP contribution in [-0.2, 0) is 14.3 Å². The van der Waals surface area contributed by atoms with Crippen molar-refractivity contribution in [1.29, 1.82) is 0 Å². The van der Waals surface area contributed by atoms with Gasteiger partial charge in [0.1, 0.15) is 0 Å². The quantitative estimate of drug-likeness (QED) is 0.652. The van der Waals surface area contributed by atoms with Gasteiger partial charge in [-0.05, 0) is 39.5 Å². The first-order valence-electron chi connectivity index (χ1n) is 5.56. The van der Waals surface area contributed by atoms with Gasteiger partial charge >= 0.3 is 5.97 Å². The summed E-state index contributed by atoms with van der Waals surface area (Å²) < 4.78 is 10.5. The van der Waals surface area contributed by atoms with Crippen molar-refractivity contribution >= 4 is 5.97 Å². The molecule has 0 N–H and O–H groups in total. The molecule has 0 aliphatic heterocycles. The normalized spacial score (nSPS) is 27.3. The molecular formula is C11H20O3. The molecular weight excluding hydrogens is 180 g/mol. The summed E-state index contributed by atoms with van der Waals surface area (Å²) in [6, 6.07) is 0. The number of carbonyl (C=O) groups is 1. The van der Waals surface area contributed by atoms with Crippen molar-refractivity contribution in [3.8, 4) is 0 Å². The summed E-state index contributed by atoms with van der Waals surface area (Å²) in [7, 11) is 0. The van der Waals surface area contributed by atoms with Gasteiger partial charge < -0.3 is 9.47 Å². The molecule has 3 nitrogen and oxygen atoms in total. The average molecular weight is 200 g/mol. The molecule has 0 aromatic carbocycles. The Kier molecular flexibility index (Phi) is 4.94. The van der Waals surface area contributed by atoms with Gasteiger partial charge in [0.15, 0.2) is 0 Å². The number of esters is 1. The summed E-state index contributed by atoms with van der Waals surface area (Å²) in [4.78, 5) is 11.4. The number of rotatable bonds is 4. The molecule has 0 bridgehead atoms. The van der Waals surface area contributed by atoms with Crippen LogP contribution in [0.3, 0.4) is 0 Å². The van der Waals surface area contributed by atoms with E-state index < -0.39 is 0 Å². The maximum absolute atomic E-state index is 11.4. The highest BCUT2D eigenvalue weighted by Crippen LogP contribution is 2.26. The zero-order chi connectivity index (χ0) is 10.4. The van der Waals surface area contributed by atoms with Gasteiger partial charge in [-0.25, -0.2) is 0 Å². The molecule has 0 radical (unpaired) electrons. The molecule has 0 saturated heterocycles. The van der Waals surface area contributed by atoms with Crippen molar-refractivity contribution < 1.29 is 14.3 Å². The predicted molar refractivity (Wildman–Crippen MR) is 54.0 cm³/mol. The van der Waals surface area contributed by atoms with Gasteiger partial charge in [0.2, 0.25) is 0 Å². The van der Waals surface area contributed by atoms with Crippen LogP contribution in [0.4, 0.5) is 0 Å². The lowest BCUT2D eigenvalue weighted by atomic mass is 9.87. The van der Waals surface area contributed by atoms with Crippen LogP contribution in [0.1, 0.15) is 39.5 Å². The first-order valence-corrected chi connectivity index (χ1v) is 5.56. The van der Waals surface area contributed by atoms with Gasteiger partial charge in [0.05, 0.1) is 18.6 Å². The average Bonchev–Trinajstić information content (AvgIpc) is 2.20. The number of hydrogen-bond acceptors (Lipinski definition) is 3. The largest absolute Gasteiger partial charge is 0.466 e. The minimum Gasteiger partial charge on any atom is -0.466 e. The molecule has 1 fully saturated rings. The summed E-state index contributed by atoms with van der Waals surface area (Å²) >= 11 is 0. The molecule has 1 rings (SSSR count). The van der Waals surface area contributed by atoms with Gasteiger partial charge in [-0.15, -0.1) is 0 Å². The Morgan fingerprint density at radius 3 is 2.29 bits per heavy atom. The standard InChI is InChI=1S/C11H20O3/c1-3-13-10-7-5-9(6-8-10)11(12)14-4-2/h9-10H,3-8H2,1-2H3/t9-,10+. The molecule has 0 unspecified atom stereocenters. The van der Waals surface area contributed by atoms with Crippen molar-refractivity contribution in [2.24, 2.45) is 5.92 Å². The van der Waals surface area contributed by atoms with Crippen LogP contribution in [0, 0.1) is 5.92 Å². The third kappa shape index (κ3) is 3.29. The fraction of sp³-hybridized carbons (Fsp3) is 0.909. The third-order valence-corrected chi connectivity index (χ3v) is 2.70. The molecule has 0 spiro atoms. The van der Waals surface area contributed by atoms with Crippen molar-refractivity contribution in [2.45, 2.75) is 45.6 Å². The number of hydrogen-bond donors (Lipinski definition) is 0. The lowest BCUT2D eigenvalue weighted by Gasteiger charge is -2.26. The zero-order valence-corrected chi connectivity index (χ0v) is 9.12.